The second-order valence-corrected chi connectivity index (χ2v) is 5.15. The summed E-state index contributed by atoms with van der Waals surface area (Å²) in [7, 11) is 0. The molecule has 5 heteroatoms. The molecule has 0 amide bonds. The van der Waals surface area contributed by atoms with Crippen LogP contribution in [0.5, 0.6) is 10.8 Å². The zero-order valence-electron chi connectivity index (χ0n) is 9.97. The standard InChI is InChI=1S/C14H11ClN2OS/c15-11-5-3-7-13(10(11)8-16)18-14-9-4-1-2-6-12(9)17-19-14/h1-7H,8,16H2. The van der Waals surface area contributed by atoms with E-state index >= 15 is 0 Å². The zero-order chi connectivity index (χ0) is 13.2. The van der Waals surface area contributed by atoms with Gasteiger partial charge in [-0.1, -0.05) is 29.8 Å². The van der Waals surface area contributed by atoms with Crippen molar-refractivity contribution in [3.63, 3.8) is 0 Å². The molecule has 2 aromatic carbocycles. The number of rotatable bonds is 3. The highest BCUT2D eigenvalue weighted by Gasteiger charge is 2.11. The molecular formula is C14H11ClN2OS. The van der Waals surface area contributed by atoms with Gasteiger partial charge in [0.25, 0.3) is 0 Å². The first-order chi connectivity index (χ1) is 9.29. The second-order valence-electron chi connectivity index (χ2n) is 4.01. The number of fused-ring (bicyclic) bond motifs is 1. The first kappa shape index (κ1) is 12.4. The quantitative estimate of drug-likeness (QED) is 0.786. The molecule has 0 aliphatic rings. The van der Waals surface area contributed by atoms with Crippen LogP contribution in [-0.2, 0) is 6.54 Å². The normalized spacial score (nSPS) is 10.8. The van der Waals surface area contributed by atoms with Crippen LogP contribution in [0.1, 0.15) is 5.56 Å². The monoisotopic (exact) mass is 290 g/mol. The van der Waals surface area contributed by atoms with Gasteiger partial charge in [0.2, 0.25) is 5.06 Å². The van der Waals surface area contributed by atoms with E-state index < -0.39 is 0 Å². The van der Waals surface area contributed by atoms with Gasteiger partial charge in [0.15, 0.2) is 0 Å². The molecule has 1 heterocycles. The third-order valence-corrected chi connectivity index (χ3v) is 3.94. The van der Waals surface area contributed by atoms with Gasteiger partial charge >= 0.3 is 0 Å². The molecule has 0 bridgehead atoms. The minimum Gasteiger partial charge on any atom is -0.444 e. The Bertz CT molecular complexity index is 726. The van der Waals surface area contributed by atoms with Crippen molar-refractivity contribution in [1.82, 2.24) is 4.37 Å². The van der Waals surface area contributed by atoms with Gasteiger partial charge in [-0.05, 0) is 24.3 Å². The molecule has 96 valence electrons. The summed E-state index contributed by atoms with van der Waals surface area (Å²) in [6.07, 6.45) is 0. The summed E-state index contributed by atoms with van der Waals surface area (Å²) in [6, 6.07) is 13.4. The number of halogens is 1. The number of hydrogen-bond acceptors (Lipinski definition) is 4. The molecule has 0 saturated heterocycles. The van der Waals surface area contributed by atoms with E-state index in [2.05, 4.69) is 4.37 Å². The maximum absolute atomic E-state index is 6.12. The maximum atomic E-state index is 6.12. The van der Waals surface area contributed by atoms with Gasteiger partial charge in [0.1, 0.15) is 5.75 Å². The third-order valence-electron chi connectivity index (χ3n) is 2.83. The summed E-state index contributed by atoms with van der Waals surface area (Å²) in [6.45, 7) is 0.339. The number of ether oxygens (including phenoxy) is 1. The molecule has 0 aliphatic heterocycles. The average Bonchev–Trinajstić information content (AvgIpc) is 2.83. The van der Waals surface area contributed by atoms with Crippen LogP contribution in [0, 0.1) is 0 Å². The molecule has 0 aliphatic carbocycles. The van der Waals surface area contributed by atoms with E-state index in [0.29, 0.717) is 17.3 Å². The second kappa shape index (κ2) is 5.17. The van der Waals surface area contributed by atoms with Crippen LogP contribution in [0.2, 0.25) is 5.02 Å². The summed E-state index contributed by atoms with van der Waals surface area (Å²) in [4.78, 5) is 0. The summed E-state index contributed by atoms with van der Waals surface area (Å²) in [5.74, 6) is 0.685. The van der Waals surface area contributed by atoms with Crippen molar-refractivity contribution >= 4 is 34.0 Å². The largest absolute Gasteiger partial charge is 0.444 e. The number of hydrogen-bond donors (Lipinski definition) is 1. The zero-order valence-corrected chi connectivity index (χ0v) is 11.5. The van der Waals surface area contributed by atoms with E-state index in [1.165, 1.54) is 11.5 Å². The maximum Gasteiger partial charge on any atom is 0.207 e. The lowest BCUT2D eigenvalue weighted by Crippen LogP contribution is -2.00. The van der Waals surface area contributed by atoms with Gasteiger partial charge in [0, 0.05) is 28.7 Å². The van der Waals surface area contributed by atoms with Gasteiger partial charge in [-0.2, -0.15) is 4.37 Å². The summed E-state index contributed by atoms with van der Waals surface area (Å²) >= 11 is 7.44. The molecule has 0 saturated carbocycles. The Kier molecular flexibility index (Phi) is 3.38. The molecule has 3 nitrogen and oxygen atoms in total. The van der Waals surface area contributed by atoms with Gasteiger partial charge in [-0.25, -0.2) is 0 Å². The molecule has 0 unspecified atom stereocenters. The lowest BCUT2D eigenvalue weighted by molar-refractivity contribution is 0.494. The molecular weight excluding hydrogens is 280 g/mol. The first-order valence-electron chi connectivity index (χ1n) is 5.79. The summed E-state index contributed by atoms with van der Waals surface area (Å²) in [5, 5.41) is 2.37. The van der Waals surface area contributed by atoms with Crippen LogP contribution in [0.3, 0.4) is 0 Å². The summed E-state index contributed by atoms with van der Waals surface area (Å²) < 4.78 is 10.3. The minimum atomic E-state index is 0.339. The van der Waals surface area contributed by atoms with E-state index in [1.807, 2.05) is 36.4 Å². The lowest BCUT2D eigenvalue weighted by atomic mass is 10.2. The minimum absolute atomic E-state index is 0.339. The van der Waals surface area contributed by atoms with Crippen molar-refractivity contribution in [2.24, 2.45) is 5.73 Å². The molecule has 3 rings (SSSR count). The smallest absolute Gasteiger partial charge is 0.207 e. The third kappa shape index (κ3) is 2.30. The van der Waals surface area contributed by atoms with Crippen LogP contribution in [0.4, 0.5) is 0 Å². The van der Waals surface area contributed by atoms with Gasteiger partial charge in [-0.3, -0.25) is 0 Å². The fraction of sp³-hybridized carbons (Fsp3) is 0.0714. The fourth-order valence-corrected chi connectivity index (χ4v) is 2.85. The SMILES string of the molecule is NCc1c(Cl)cccc1Oc1snc2ccccc12. The van der Waals surface area contributed by atoms with Crippen LogP contribution in [0.15, 0.2) is 42.5 Å². The van der Waals surface area contributed by atoms with Crippen molar-refractivity contribution in [3.8, 4) is 10.8 Å². The molecule has 1 aromatic heterocycles. The topological polar surface area (TPSA) is 48.1 Å². The molecule has 0 spiro atoms. The van der Waals surface area contributed by atoms with Gasteiger partial charge in [0.05, 0.1) is 10.9 Å². The molecule has 0 atom stereocenters. The first-order valence-corrected chi connectivity index (χ1v) is 6.94. The fourth-order valence-electron chi connectivity index (χ4n) is 1.87. The Hall–Kier alpha value is -1.62. The molecule has 0 fully saturated rings. The van der Waals surface area contributed by atoms with E-state index in [4.69, 9.17) is 22.1 Å². The van der Waals surface area contributed by atoms with Crippen molar-refractivity contribution < 1.29 is 4.74 Å². The van der Waals surface area contributed by atoms with E-state index in [1.54, 1.807) is 6.07 Å². The highest BCUT2D eigenvalue weighted by Crippen LogP contribution is 2.36. The molecule has 3 aromatic rings. The number of aromatic nitrogens is 1. The molecule has 0 radical (unpaired) electrons. The van der Waals surface area contributed by atoms with Crippen molar-refractivity contribution in [1.29, 1.82) is 0 Å². The Morgan fingerprint density at radius 3 is 2.84 bits per heavy atom. The number of nitrogens with two attached hydrogens (primary N) is 1. The van der Waals surface area contributed by atoms with Gasteiger partial charge in [-0.15, -0.1) is 0 Å². The van der Waals surface area contributed by atoms with Crippen molar-refractivity contribution in [2.45, 2.75) is 6.54 Å². The Labute approximate surface area is 119 Å². The van der Waals surface area contributed by atoms with Crippen molar-refractivity contribution in [3.05, 3.63) is 53.1 Å². The van der Waals surface area contributed by atoms with Crippen LogP contribution in [-0.4, -0.2) is 4.37 Å². The van der Waals surface area contributed by atoms with Crippen LogP contribution in [0.25, 0.3) is 10.9 Å². The van der Waals surface area contributed by atoms with E-state index in [9.17, 15) is 0 Å². The predicted molar refractivity (Wildman–Crippen MR) is 79.0 cm³/mol. The highest BCUT2D eigenvalue weighted by molar-refractivity contribution is 7.09. The number of benzene rings is 2. The summed E-state index contributed by atoms with van der Waals surface area (Å²) in [5.41, 5.74) is 7.45. The Morgan fingerprint density at radius 2 is 2.00 bits per heavy atom. The Morgan fingerprint density at radius 1 is 1.16 bits per heavy atom. The number of nitrogens with zero attached hydrogens (tertiary/aromatic N) is 1. The van der Waals surface area contributed by atoms with Gasteiger partial charge < -0.3 is 10.5 Å². The van der Waals surface area contributed by atoms with E-state index in [-0.39, 0.29) is 0 Å². The van der Waals surface area contributed by atoms with Crippen LogP contribution < -0.4 is 10.5 Å². The predicted octanol–water partition coefficient (Wildman–Crippen LogP) is 4.20. The highest BCUT2D eigenvalue weighted by atomic mass is 35.5. The average molecular weight is 291 g/mol. The molecule has 19 heavy (non-hydrogen) atoms. The lowest BCUT2D eigenvalue weighted by Gasteiger charge is -2.09. The van der Waals surface area contributed by atoms with Crippen molar-refractivity contribution in [2.75, 3.05) is 0 Å². The Balaban J connectivity index is 2.04. The molecule has 2 N–H and O–H groups in total. The van der Waals surface area contributed by atoms with E-state index in [0.717, 1.165) is 21.5 Å². The van der Waals surface area contributed by atoms with Crippen LogP contribution >= 0.6 is 23.1 Å².